The molecule has 0 atom stereocenters. The first-order valence-electron chi connectivity index (χ1n) is 10.2. The molecule has 4 rings (SSSR count). The average molecular weight is 384 g/mol. The third kappa shape index (κ3) is 3.51. The molecule has 2 heterocycles. The highest BCUT2D eigenvalue weighted by molar-refractivity contribution is 5.79. The molecule has 0 unspecified atom stereocenters. The Hall–Kier alpha value is -2.41. The molecule has 1 aromatic carbocycles. The summed E-state index contributed by atoms with van der Waals surface area (Å²) in [5.41, 5.74) is 0.194. The molecular weight excluding hydrogens is 356 g/mol. The highest BCUT2D eigenvalue weighted by Gasteiger charge is 2.30. The van der Waals surface area contributed by atoms with E-state index in [0.29, 0.717) is 17.4 Å². The molecule has 150 valence electrons. The fourth-order valence-electron chi connectivity index (χ4n) is 4.62. The second-order valence-electron chi connectivity index (χ2n) is 8.07. The van der Waals surface area contributed by atoms with E-state index in [1.165, 1.54) is 4.57 Å². The average Bonchev–Trinajstić information content (AvgIpc) is 2.76. The van der Waals surface area contributed by atoms with Gasteiger partial charge in [0.1, 0.15) is 0 Å². The van der Waals surface area contributed by atoms with E-state index in [9.17, 15) is 14.4 Å². The van der Waals surface area contributed by atoms with E-state index in [2.05, 4.69) is 5.32 Å². The molecule has 1 aromatic heterocycles. The summed E-state index contributed by atoms with van der Waals surface area (Å²) in [5, 5.41) is 3.85. The first-order valence-corrected chi connectivity index (χ1v) is 10.2. The van der Waals surface area contributed by atoms with Crippen molar-refractivity contribution < 1.29 is 4.79 Å². The summed E-state index contributed by atoms with van der Waals surface area (Å²) in [7, 11) is 1.71. The van der Waals surface area contributed by atoms with Crippen molar-refractivity contribution in [1.29, 1.82) is 0 Å². The normalized spacial score (nSPS) is 23.1. The molecule has 1 amide bonds. The van der Waals surface area contributed by atoms with Crippen LogP contribution in [-0.4, -0.2) is 46.1 Å². The summed E-state index contributed by atoms with van der Waals surface area (Å²) < 4.78 is 2.93. The van der Waals surface area contributed by atoms with Gasteiger partial charge in [-0.15, -0.1) is 0 Å². The van der Waals surface area contributed by atoms with Gasteiger partial charge in [-0.05, 0) is 43.7 Å². The van der Waals surface area contributed by atoms with Crippen molar-refractivity contribution in [2.24, 2.45) is 18.9 Å². The lowest BCUT2D eigenvalue weighted by molar-refractivity contribution is -0.137. The Morgan fingerprint density at radius 1 is 1.07 bits per heavy atom. The van der Waals surface area contributed by atoms with Gasteiger partial charge in [-0.25, -0.2) is 4.79 Å². The maximum absolute atomic E-state index is 12.8. The van der Waals surface area contributed by atoms with Gasteiger partial charge < -0.3 is 10.2 Å². The maximum atomic E-state index is 12.8. The van der Waals surface area contributed by atoms with Gasteiger partial charge in [0.05, 0.1) is 10.9 Å². The third-order valence-electron chi connectivity index (χ3n) is 6.32. The Balaban J connectivity index is 1.46. The highest BCUT2D eigenvalue weighted by atomic mass is 16.2. The fourth-order valence-corrected chi connectivity index (χ4v) is 4.62. The van der Waals surface area contributed by atoms with Crippen molar-refractivity contribution in [3.05, 3.63) is 45.1 Å². The summed E-state index contributed by atoms with van der Waals surface area (Å²) >= 11 is 0. The van der Waals surface area contributed by atoms with Gasteiger partial charge in [-0.1, -0.05) is 12.1 Å². The lowest BCUT2D eigenvalue weighted by Crippen LogP contribution is -2.49. The number of amides is 1. The van der Waals surface area contributed by atoms with Crippen LogP contribution in [0, 0.1) is 11.8 Å². The molecule has 2 fully saturated rings. The molecule has 28 heavy (non-hydrogen) atoms. The number of aryl methyl sites for hydroxylation is 1. The first-order chi connectivity index (χ1) is 13.6. The van der Waals surface area contributed by atoms with Crippen molar-refractivity contribution in [3.63, 3.8) is 0 Å². The maximum Gasteiger partial charge on any atom is 0.331 e. The van der Waals surface area contributed by atoms with Gasteiger partial charge in [0.15, 0.2) is 0 Å². The topological polar surface area (TPSA) is 76.3 Å². The van der Waals surface area contributed by atoms with Gasteiger partial charge in [0.25, 0.3) is 5.56 Å². The Morgan fingerprint density at radius 3 is 2.46 bits per heavy atom. The van der Waals surface area contributed by atoms with Crippen LogP contribution in [0.5, 0.6) is 0 Å². The largest absolute Gasteiger partial charge is 0.340 e. The quantitative estimate of drug-likeness (QED) is 0.855. The van der Waals surface area contributed by atoms with Crippen LogP contribution in [-0.2, 0) is 18.4 Å². The monoisotopic (exact) mass is 384 g/mol. The van der Waals surface area contributed by atoms with Crippen LogP contribution in [0.1, 0.15) is 25.7 Å². The number of carbonyl (C=O) groups excluding carboxylic acids is 1. The van der Waals surface area contributed by atoms with Crippen LogP contribution in [0.25, 0.3) is 10.9 Å². The number of nitrogens with one attached hydrogen (secondary N) is 1. The second kappa shape index (κ2) is 7.91. The molecule has 0 bridgehead atoms. The predicted octanol–water partition coefficient (Wildman–Crippen LogP) is 0.938. The number of rotatable bonds is 3. The zero-order valence-corrected chi connectivity index (χ0v) is 16.4. The molecule has 2 aromatic rings. The van der Waals surface area contributed by atoms with Gasteiger partial charge in [0.2, 0.25) is 5.91 Å². The van der Waals surface area contributed by atoms with E-state index >= 15 is 0 Å². The smallest absolute Gasteiger partial charge is 0.331 e. The summed E-state index contributed by atoms with van der Waals surface area (Å²) in [6, 6.07) is 7.24. The van der Waals surface area contributed by atoms with Crippen LogP contribution in [0.3, 0.4) is 0 Å². The lowest BCUT2D eigenvalue weighted by Gasteiger charge is -2.34. The van der Waals surface area contributed by atoms with Crippen molar-refractivity contribution >= 4 is 16.8 Å². The van der Waals surface area contributed by atoms with Gasteiger partial charge in [0, 0.05) is 45.7 Å². The van der Waals surface area contributed by atoms with E-state index < -0.39 is 0 Å². The minimum absolute atomic E-state index is 0.0884. The fraction of sp³-hybridized carbons (Fsp3) is 0.571. The van der Waals surface area contributed by atoms with E-state index in [1.54, 1.807) is 23.7 Å². The lowest BCUT2D eigenvalue weighted by atomic mass is 9.81. The molecule has 1 N–H and O–H groups in total. The Bertz CT molecular complexity index is 979. The Labute approximate surface area is 163 Å². The zero-order valence-electron chi connectivity index (χ0n) is 16.4. The number of nitrogens with zero attached hydrogens (tertiary/aromatic N) is 3. The van der Waals surface area contributed by atoms with E-state index in [1.807, 2.05) is 17.0 Å². The highest BCUT2D eigenvalue weighted by Crippen LogP contribution is 2.31. The summed E-state index contributed by atoms with van der Waals surface area (Å²) in [6.45, 7) is 3.76. The van der Waals surface area contributed by atoms with Crippen LogP contribution in [0.15, 0.2) is 33.9 Å². The van der Waals surface area contributed by atoms with Crippen LogP contribution >= 0.6 is 0 Å². The van der Waals surface area contributed by atoms with Crippen LogP contribution in [0.4, 0.5) is 0 Å². The molecule has 1 saturated heterocycles. The van der Waals surface area contributed by atoms with E-state index in [0.717, 1.165) is 51.9 Å². The van der Waals surface area contributed by atoms with Gasteiger partial charge >= 0.3 is 5.69 Å². The molecular formula is C21H28N4O3. The number of para-hydroxylation sites is 1. The Kier molecular flexibility index (Phi) is 5.35. The first kappa shape index (κ1) is 18.9. The summed E-state index contributed by atoms with van der Waals surface area (Å²) in [4.78, 5) is 40.2. The van der Waals surface area contributed by atoms with Crippen molar-refractivity contribution in [3.8, 4) is 0 Å². The minimum atomic E-state index is -0.261. The standard InChI is InChI=1S/C21H28N4O3/c1-23-18-5-3-2-4-17(18)20(27)25(21(23)28)14-15-6-8-16(9-7-15)19(26)24-12-10-22-11-13-24/h2-5,15-16,22H,6-14H2,1H3. The summed E-state index contributed by atoms with van der Waals surface area (Å²) in [5.74, 6) is 0.628. The molecule has 1 aliphatic heterocycles. The second-order valence-corrected chi connectivity index (χ2v) is 8.07. The number of aromatic nitrogens is 2. The number of carbonyl (C=O) groups is 1. The minimum Gasteiger partial charge on any atom is -0.340 e. The molecule has 0 radical (unpaired) electrons. The van der Waals surface area contributed by atoms with Crippen LogP contribution < -0.4 is 16.6 Å². The number of benzene rings is 1. The molecule has 1 aliphatic carbocycles. The van der Waals surface area contributed by atoms with Crippen molar-refractivity contribution in [2.45, 2.75) is 32.2 Å². The van der Waals surface area contributed by atoms with E-state index in [4.69, 9.17) is 0 Å². The zero-order chi connectivity index (χ0) is 19.7. The van der Waals surface area contributed by atoms with E-state index in [-0.39, 0.29) is 29.0 Å². The van der Waals surface area contributed by atoms with Gasteiger partial charge in [-0.2, -0.15) is 0 Å². The predicted molar refractivity (Wildman–Crippen MR) is 108 cm³/mol. The molecule has 0 spiro atoms. The number of hydrogen-bond acceptors (Lipinski definition) is 4. The molecule has 7 heteroatoms. The Morgan fingerprint density at radius 2 is 1.75 bits per heavy atom. The van der Waals surface area contributed by atoms with Crippen molar-refractivity contribution in [1.82, 2.24) is 19.4 Å². The van der Waals surface area contributed by atoms with Gasteiger partial charge in [-0.3, -0.25) is 18.7 Å². The summed E-state index contributed by atoms with van der Waals surface area (Å²) in [6.07, 6.45) is 3.45. The molecule has 7 nitrogen and oxygen atoms in total. The third-order valence-corrected chi connectivity index (χ3v) is 6.32. The number of fused-ring (bicyclic) bond motifs is 1. The molecule has 2 aliphatic rings. The van der Waals surface area contributed by atoms with Crippen molar-refractivity contribution in [2.75, 3.05) is 26.2 Å². The van der Waals surface area contributed by atoms with Crippen LogP contribution in [0.2, 0.25) is 0 Å². The molecule has 1 saturated carbocycles. The number of hydrogen-bond donors (Lipinski definition) is 1. The number of piperazine rings is 1. The SMILES string of the molecule is Cn1c(=O)n(CC2CCC(C(=O)N3CCNCC3)CC2)c(=O)c2ccccc21.